The SMILES string of the molecule is CCOc1ccc(S(=O)(=O)N(C)CC(=O)N(CC)CC)cc1. The molecule has 0 aliphatic heterocycles. The van der Waals surface area contributed by atoms with Gasteiger partial charge in [-0.05, 0) is 45.0 Å². The average molecular weight is 328 g/mol. The molecule has 0 heterocycles. The van der Waals surface area contributed by atoms with Gasteiger partial charge in [-0.25, -0.2) is 8.42 Å². The van der Waals surface area contributed by atoms with E-state index in [2.05, 4.69) is 0 Å². The van der Waals surface area contributed by atoms with Crippen molar-refractivity contribution in [1.29, 1.82) is 0 Å². The van der Waals surface area contributed by atoms with Gasteiger partial charge in [0.1, 0.15) is 5.75 Å². The zero-order chi connectivity index (χ0) is 16.8. The van der Waals surface area contributed by atoms with Gasteiger partial charge >= 0.3 is 0 Å². The first-order valence-electron chi connectivity index (χ1n) is 7.33. The topological polar surface area (TPSA) is 66.9 Å². The van der Waals surface area contributed by atoms with E-state index < -0.39 is 10.0 Å². The van der Waals surface area contributed by atoms with Crippen LogP contribution in [0.3, 0.4) is 0 Å². The molecule has 0 unspecified atom stereocenters. The van der Waals surface area contributed by atoms with Crippen molar-refractivity contribution in [3.8, 4) is 5.75 Å². The molecule has 0 radical (unpaired) electrons. The average Bonchev–Trinajstić information content (AvgIpc) is 2.49. The van der Waals surface area contributed by atoms with Crippen LogP contribution in [0.2, 0.25) is 0 Å². The smallest absolute Gasteiger partial charge is 0.243 e. The van der Waals surface area contributed by atoms with Crippen LogP contribution in [0.1, 0.15) is 20.8 Å². The second kappa shape index (κ2) is 8.14. The molecular formula is C15H24N2O4S. The van der Waals surface area contributed by atoms with Crippen molar-refractivity contribution in [2.75, 3.05) is 33.3 Å². The van der Waals surface area contributed by atoms with Crippen LogP contribution in [0, 0.1) is 0 Å². The summed E-state index contributed by atoms with van der Waals surface area (Å²) < 4.78 is 31.3. The number of amides is 1. The maximum absolute atomic E-state index is 12.5. The largest absolute Gasteiger partial charge is 0.494 e. The molecule has 1 aromatic rings. The van der Waals surface area contributed by atoms with Gasteiger partial charge in [0.25, 0.3) is 0 Å². The summed E-state index contributed by atoms with van der Waals surface area (Å²) >= 11 is 0. The minimum atomic E-state index is -3.69. The summed E-state index contributed by atoms with van der Waals surface area (Å²) in [4.78, 5) is 13.8. The van der Waals surface area contributed by atoms with Gasteiger partial charge in [0.05, 0.1) is 18.0 Å². The molecule has 1 aromatic carbocycles. The Morgan fingerprint density at radius 3 is 2.09 bits per heavy atom. The summed E-state index contributed by atoms with van der Waals surface area (Å²) in [5.74, 6) is 0.408. The van der Waals surface area contributed by atoms with E-state index in [9.17, 15) is 13.2 Å². The first-order valence-corrected chi connectivity index (χ1v) is 8.77. The second-order valence-electron chi connectivity index (χ2n) is 4.73. The van der Waals surface area contributed by atoms with Gasteiger partial charge in [-0.2, -0.15) is 4.31 Å². The third kappa shape index (κ3) is 4.45. The third-order valence-electron chi connectivity index (χ3n) is 3.32. The maximum atomic E-state index is 12.5. The summed E-state index contributed by atoms with van der Waals surface area (Å²) in [7, 11) is -2.28. The van der Waals surface area contributed by atoms with Crippen LogP contribution in [0.5, 0.6) is 5.75 Å². The van der Waals surface area contributed by atoms with Gasteiger partial charge < -0.3 is 9.64 Å². The van der Waals surface area contributed by atoms with E-state index in [-0.39, 0.29) is 17.3 Å². The predicted molar refractivity (Wildman–Crippen MR) is 85.4 cm³/mol. The molecule has 7 heteroatoms. The zero-order valence-electron chi connectivity index (χ0n) is 13.6. The second-order valence-corrected chi connectivity index (χ2v) is 6.78. The Morgan fingerprint density at radius 1 is 1.09 bits per heavy atom. The molecule has 0 saturated heterocycles. The Bertz CT molecular complexity index is 580. The number of sulfonamides is 1. The molecule has 6 nitrogen and oxygen atoms in total. The maximum Gasteiger partial charge on any atom is 0.243 e. The Labute approximate surface area is 132 Å². The van der Waals surface area contributed by atoms with E-state index in [1.165, 1.54) is 19.2 Å². The Morgan fingerprint density at radius 2 is 1.64 bits per heavy atom. The Hall–Kier alpha value is -1.60. The summed E-state index contributed by atoms with van der Waals surface area (Å²) in [5.41, 5.74) is 0. The number of carbonyl (C=O) groups is 1. The first-order chi connectivity index (χ1) is 10.4. The van der Waals surface area contributed by atoms with Gasteiger partial charge in [-0.15, -0.1) is 0 Å². The molecule has 0 spiro atoms. The quantitative estimate of drug-likeness (QED) is 0.726. The minimum absolute atomic E-state index is 0.144. The lowest BCUT2D eigenvalue weighted by molar-refractivity contribution is -0.130. The van der Waals surface area contributed by atoms with Crippen LogP contribution in [-0.4, -0.2) is 56.8 Å². The molecular weight excluding hydrogens is 304 g/mol. The van der Waals surface area contributed by atoms with Gasteiger partial charge in [-0.3, -0.25) is 4.79 Å². The number of carbonyl (C=O) groups excluding carboxylic acids is 1. The van der Waals surface area contributed by atoms with Crippen molar-refractivity contribution in [3.05, 3.63) is 24.3 Å². The fourth-order valence-corrected chi connectivity index (χ4v) is 3.13. The highest BCUT2D eigenvalue weighted by atomic mass is 32.2. The number of nitrogens with zero attached hydrogens (tertiary/aromatic N) is 2. The molecule has 0 aliphatic rings. The lowest BCUT2D eigenvalue weighted by Gasteiger charge is -2.23. The molecule has 22 heavy (non-hydrogen) atoms. The fraction of sp³-hybridized carbons (Fsp3) is 0.533. The number of ether oxygens (including phenoxy) is 1. The molecule has 124 valence electrons. The summed E-state index contributed by atoms with van der Waals surface area (Å²) in [6, 6.07) is 6.18. The summed E-state index contributed by atoms with van der Waals surface area (Å²) in [6.45, 7) is 7.06. The van der Waals surface area contributed by atoms with Crippen molar-refractivity contribution in [1.82, 2.24) is 9.21 Å². The molecule has 0 fully saturated rings. The molecule has 0 N–H and O–H groups in total. The molecule has 0 atom stereocenters. The van der Waals surface area contributed by atoms with E-state index in [1.807, 2.05) is 20.8 Å². The van der Waals surface area contributed by atoms with Gasteiger partial charge in [0.15, 0.2) is 0 Å². The van der Waals surface area contributed by atoms with Crippen LogP contribution < -0.4 is 4.74 Å². The highest BCUT2D eigenvalue weighted by molar-refractivity contribution is 7.89. The van der Waals surface area contributed by atoms with E-state index in [4.69, 9.17) is 4.74 Å². The normalized spacial score (nSPS) is 11.5. The highest BCUT2D eigenvalue weighted by Crippen LogP contribution is 2.18. The first kappa shape index (κ1) is 18.4. The number of hydrogen-bond donors (Lipinski definition) is 0. The van der Waals surface area contributed by atoms with E-state index in [1.54, 1.807) is 17.0 Å². The molecule has 1 amide bonds. The molecule has 0 bridgehead atoms. The number of rotatable bonds is 8. The molecule has 0 aromatic heterocycles. The zero-order valence-corrected chi connectivity index (χ0v) is 14.4. The van der Waals surface area contributed by atoms with E-state index in [0.29, 0.717) is 25.4 Å². The molecule has 1 rings (SSSR count). The number of hydrogen-bond acceptors (Lipinski definition) is 4. The number of benzene rings is 1. The van der Waals surface area contributed by atoms with Crippen molar-refractivity contribution < 1.29 is 17.9 Å². The monoisotopic (exact) mass is 328 g/mol. The van der Waals surface area contributed by atoms with Crippen molar-refractivity contribution in [3.63, 3.8) is 0 Å². The fourth-order valence-electron chi connectivity index (χ4n) is 2.01. The lowest BCUT2D eigenvalue weighted by atomic mass is 10.3. The molecule has 0 aliphatic carbocycles. The number of likely N-dealkylation sites (N-methyl/N-ethyl adjacent to an activating group) is 2. The minimum Gasteiger partial charge on any atom is -0.494 e. The van der Waals surface area contributed by atoms with Crippen LogP contribution in [0.15, 0.2) is 29.2 Å². The van der Waals surface area contributed by atoms with Crippen molar-refractivity contribution in [2.45, 2.75) is 25.7 Å². The van der Waals surface area contributed by atoms with Crippen LogP contribution >= 0.6 is 0 Å². The third-order valence-corrected chi connectivity index (χ3v) is 5.13. The Kier molecular flexibility index (Phi) is 6.83. The van der Waals surface area contributed by atoms with E-state index >= 15 is 0 Å². The lowest BCUT2D eigenvalue weighted by Crippen LogP contribution is -2.40. The van der Waals surface area contributed by atoms with Crippen LogP contribution in [0.4, 0.5) is 0 Å². The summed E-state index contributed by atoms with van der Waals surface area (Å²) in [5, 5.41) is 0. The van der Waals surface area contributed by atoms with Crippen LogP contribution in [0.25, 0.3) is 0 Å². The van der Waals surface area contributed by atoms with Crippen LogP contribution in [-0.2, 0) is 14.8 Å². The van der Waals surface area contributed by atoms with Gasteiger partial charge in [-0.1, -0.05) is 0 Å². The summed E-state index contributed by atoms with van der Waals surface area (Å²) in [6.07, 6.45) is 0. The molecule has 0 saturated carbocycles. The van der Waals surface area contributed by atoms with Crippen molar-refractivity contribution in [2.24, 2.45) is 0 Å². The predicted octanol–water partition coefficient (Wildman–Crippen LogP) is 1.57. The van der Waals surface area contributed by atoms with Gasteiger partial charge in [0.2, 0.25) is 15.9 Å². The van der Waals surface area contributed by atoms with Gasteiger partial charge in [0, 0.05) is 20.1 Å². The van der Waals surface area contributed by atoms with E-state index in [0.717, 1.165) is 4.31 Å². The Balaban J connectivity index is 2.86. The standard InChI is InChI=1S/C15H24N2O4S/c1-5-17(6-2)15(18)12-16(4)22(19,20)14-10-8-13(9-11-14)21-7-3/h8-11H,5-7,12H2,1-4H3. The highest BCUT2D eigenvalue weighted by Gasteiger charge is 2.24. The van der Waals surface area contributed by atoms with Crippen molar-refractivity contribution >= 4 is 15.9 Å².